The van der Waals surface area contributed by atoms with Crippen LogP contribution in [0.2, 0.25) is 0 Å². The lowest BCUT2D eigenvalue weighted by Gasteiger charge is -2.13. The second-order valence-corrected chi connectivity index (χ2v) is 5.48. The molecular formula is C18H20FN3O3. The monoisotopic (exact) mass is 345 g/mol. The number of hydrogen-bond acceptors (Lipinski definition) is 4. The van der Waals surface area contributed by atoms with Crippen molar-refractivity contribution < 1.29 is 18.7 Å². The molecule has 0 radical (unpaired) electrons. The number of carbonyl (C=O) groups excluding carboxylic acids is 2. The lowest BCUT2D eigenvalue weighted by molar-refractivity contribution is -0.115. The van der Waals surface area contributed by atoms with Crippen LogP contribution in [0.4, 0.5) is 21.5 Å². The summed E-state index contributed by atoms with van der Waals surface area (Å²) < 4.78 is 19.0. The first-order chi connectivity index (χ1) is 11.9. The zero-order valence-electron chi connectivity index (χ0n) is 14.3. The van der Waals surface area contributed by atoms with E-state index >= 15 is 0 Å². The first kappa shape index (κ1) is 18.3. The molecule has 25 heavy (non-hydrogen) atoms. The van der Waals surface area contributed by atoms with Gasteiger partial charge >= 0.3 is 0 Å². The van der Waals surface area contributed by atoms with E-state index in [1.807, 2.05) is 13.0 Å². The molecule has 0 aromatic heterocycles. The van der Waals surface area contributed by atoms with Crippen molar-refractivity contribution >= 4 is 28.9 Å². The molecule has 0 spiro atoms. The minimum Gasteiger partial charge on any atom is -0.495 e. The number of carbonyl (C=O) groups is 2. The molecule has 0 atom stereocenters. The van der Waals surface area contributed by atoms with Gasteiger partial charge in [-0.05, 0) is 42.8 Å². The van der Waals surface area contributed by atoms with Gasteiger partial charge < -0.3 is 20.7 Å². The minimum atomic E-state index is -0.518. The normalized spacial score (nSPS) is 10.1. The molecular weight excluding hydrogens is 325 g/mol. The lowest BCUT2D eigenvalue weighted by atomic mass is 10.2. The molecule has 0 fully saturated rings. The molecule has 0 heterocycles. The van der Waals surface area contributed by atoms with Crippen molar-refractivity contribution in [1.29, 1.82) is 0 Å². The van der Waals surface area contributed by atoms with E-state index in [-0.39, 0.29) is 24.0 Å². The summed E-state index contributed by atoms with van der Waals surface area (Å²) in [6, 6.07) is 9.51. The van der Waals surface area contributed by atoms with Crippen molar-refractivity contribution in [2.45, 2.75) is 13.8 Å². The molecule has 0 aliphatic rings. The first-order valence-corrected chi connectivity index (χ1v) is 7.64. The first-order valence-electron chi connectivity index (χ1n) is 7.64. The highest BCUT2D eigenvalue weighted by Gasteiger charge is 2.10. The highest BCUT2D eigenvalue weighted by molar-refractivity contribution is 5.95. The van der Waals surface area contributed by atoms with Crippen molar-refractivity contribution in [3.8, 4) is 5.75 Å². The Morgan fingerprint density at radius 2 is 1.84 bits per heavy atom. The zero-order valence-corrected chi connectivity index (χ0v) is 14.3. The summed E-state index contributed by atoms with van der Waals surface area (Å²) in [5.74, 6) is -0.595. The Morgan fingerprint density at radius 3 is 2.52 bits per heavy atom. The fourth-order valence-electron chi connectivity index (χ4n) is 2.23. The molecule has 0 aliphatic carbocycles. The largest absolute Gasteiger partial charge is 0.495 e. The molecule has 0 unspecified atom stereocenters. The van der Waals surface area contributed by atoms with Gasteiger partial charge in [0.1, 0.15) is 11.6 Å². The number of aryl methyl sites for hydroxylation is 1. The van der Waals surface area contributed by atoms with Gasteiger partial charge in [-0.3, -0.25) is 9.59 Å². The van der Waals surface area contributed by atoms with Gasteiger partial charge in [0, 0.05) is 12.6 Å². The van der Waals surface area contributed by atoms with E-state index in [1.54, 1.807) is 12.1 Å². The number of methoxy groups -OCH3 is 1. The third-order valence-electron chi connectivity index (χ3n) is 3.36. The van der Waals surface area contributed by atoms with E-state index in [9.17, 15) is 14.0 Å². The van der Waals surface area contributed by atoms with Gasteiger partial charge in [0.25, 0.3) is 0 Å². The molecule has 0 saturated heterocycles. The van der Waals surface area contributed by atoms with Crippen LogP contribution in [0.5, 0.6) is 5.75 Å². The maximum atomic E-state index is 13.8. The smallest absolute Gasteiger partial charge is 0.243 e. The van der Waals surface area contributed by atoms with E-state index in [0.717, 1.165) is 5.56 Å². The number of hydrogen-bond donors (Lipinski definition) is 3. The molecule has 2 rings (SSSR count). The summed E-state index contributed by atoms with van der Waals surface area (Å²) in [6.07, 6.45) is 0. The molecule has 7 heteroatoms. The van der Waals surface area contributed by atoms with Crippen molar-refractivity contribution in [3.63, 3.8) is 0 Å². The molecule has 2 aromatic rings. The summed E-state index contributed by atoms with van der Waals surface area (Å²) in [6.45, 7) is 3.12. The molecule has 0 bridgehead atoms. The fraction of sp³-hybridized carbons (Fsp3) is 0.222. The molecule has 2 amide bonds. The van der Waals surface area contributed by atoms with Crippen LogP contribution in [0.25, 0.3) is 0 Å². The Morgan fingerprint density at radius 1 is 1.08 bits per heavy atom. The SMILES string of the molecule is COc1ccc(C)cc1NC(=O)CNc1cc(NC(C)=O)ccc1F. The van der Waals surface area contributed by atoms with Gasteiger partial charge in [-0.2, -0.15) is 0 Å². The summed E-state index contributed by atoms with van der Waals surface area (Å²) in [5.41, 5.74) is 2.08. The van der Waals surface area contributed by atoms with Crippen LogP contribution in [0, 0.1) is 12.7 Å². The summed E-state index contributed by atoms with van der Waals surface area (Å²) in [5, 5.41) is 8.00. The van der Waals surface area contributed by atoms with Crippen molar-refractivity contribution in [2.24, 2.45) is 0 Å². The Balaban J connectivity index is 2.03. The van der Waals surface area contributed by atoms with E-state index < -0.39 is 5.82 Å². The van der Waals surface area contributed by atoms with Gasteiger partial charge in [0.2, 0.25) is 11.8 Å². The van der Waals surface area contributed by atoms with Crippen molar-refractivity contribution in [3.05, 3.63) is 47.8 Å². The average Bonchev–Trinajstić information content (AvgIpc) is 2.55. The molecule has 6 nitrogen and oxygen atoms in total. The number of halogens is 1. The highest BCUT2D eigenvalue weighted by atomic mass is 19.1. The summed E-state index contributed by atoms with van der Waals surface area (Å²) in [4.78, 5) is 23.2. The van der Waals surface area contributed by atoms with Crippen molar-refractivity contribution in [1.82, 2.24) is 0 Å². The molecule has 2 aromatic carbocycles. The van der Waals surface area contributed by atoms with E-state index in [0.29, 0.717) is 17.1 Å². The third kappa shape index (κ3) is 5.20. The lowest BCUT2D eigenvalue weighted by Crippen LogP contribution is -2.22. The zero-order chi connectivity index (χ0) is 18.4. The standard InChI is InChI=1S/C18H20FN3O3/c1-11-4-7-17(25-3)16(8-11)22-18(24)10-20-15-9-13(21-12(2)23)5-6-14(15)19/h4-9,20H,10H2,1-3H3,(H,21,23)(H,22,24). The van der Waals surface area contributed by atoms with E-state index in [4.69, 9.17) is 4.74 Å². The number of anilines is 3. The molecule has 132 valence electrons. The van der Waals surface area contributed by atoms with Crippen LogP contribution in [0.1, 0.15) is 12.5 Å². The second-order valence-electron chi connectivity index (χ2n) is 5.48. The van der Waals surface area contributed by atoms with E-state index in [2.05, 4.69) is 16.0 Å². The quantitative estimate of drug-likeness (QED) is 0.751. The number of ether oxygens (including phenoxy) is 1. The highest BCUT2D eigenvalue weighted by Crippen LogP contribution is 2.25. The van der Waals surface area contributed by atoms with Crippen molar-refractivity contribution in [2.75, 3.05) is 29.6 Å². The third-order valence-corrected chi connectivity index (χ3v) is 3.36. The predicted molar refractivity (Wildman–Crippen MR) is 95.6 cm³/mol. The Hall–Kier alpha value is -3.09. The van der Waals surface area contributed by atoms with Gasteiger partial charge in [-0.25, -0.2) is 4.39 Å². The topological polar surface area (TPSA) is 79.5 Å². The Bertz CT molecular complexity index is 793. The number of nitrogens with one attached hydrogen (secondary N) is 3. The maximum absolute atomic E-state index is 13.8. The number of amides is 2. The Kier molecular flexibility index (Phi) is 5.94. The number of benzene rings is 2. The molecule has 3 N–H and O–H groups in total. The van der Waals surface area contributed by atoms with E-state index in [1.165, 1.54) is 32.2 Å². The van der Waals surface area contributed by atoms with Crippen LogP contribution >= 0.6 is 0 Å². The van der Waals surface area contributed by atoms with Crippen LogP contribution < -0.4 is 20.7 Å². The summed E-state index contributed by atoms with van der Waals surface area (Å²) in [7, 11) is 1.52. The molecule has 0 aliphatic heterocycles. The van der Waals surface area contributed by atoms with Gasteiger partial charge in [0.05, 0.1) is 25.0 Å². The number of rotatable bonds is 6. The Labute approximate surface area is 145 Å². The van der Waals surface area contributed by atoms with Crippen LogP contribution in [-0.2, 0) is 9.59 Å². The average molecular weight is 345 g/mol. The molecule has 0 saturated carbocycles. The predicted octanol–water partition coefficient (Wildman–Crippen LogP) is 3.15. The maximum Gasteiger partial charge on any atom is 0.243 e. The fourth-order valence-corrected chi connectivity index (χ4v) is 2.23. The van der Waals surface area contributed by atoms with Gasteiger partial charge in [-0.15, -0.1) is 0 Å². The van der Waals surface area contributed by atoms with Gasteiger partial charge in [0.15, 0.2) is 0 Å². The summed E-state index contributed by atoms with van der Waals surface area (Å²) >= 11 is 0. The van der Waals surface area contributed by atoms with Crippen LogP contribution in [-0.4, -0.2) is 25.5 Å². The minimum absolute atomic E-state index is 0.123. The second kappa shape index (κ2) is 8.14. The van der Waals surface area contributed by atoms with Crippen LogP contribution in [0.15, 0.2) is 36.4 Å². The van der Waals surface area contributed by atoms with Gasteiger partial charge in [-0.1, -0.05) is 6.07 Å². The van der Waals surface area contributed by atoms with Crippen LogP contribution in [0.3, 0.4) is 0 Å².